The van der Waals surface area contributed by atoms with E-state index in [9.17, 15) is 13.2 Å². The Kier molecular flexibility index (Phi) is 4.56. The molecule has 3 aromatic rings. The summed E-state index contributed by atoms with van der Waals surface area (Å²) in [6.45, 7) is 1.45. The first-order valence-corrected chi connectivity index (χ1v) is 8.81. The third kappa shape index (κ3) is 3.79. The number of para-hydroxylation sites is 1. The third-order valence-corrected chi connectivity index (χ3v) is 4.73. The summed E-state index contributed by atoms with van der Waals surface area (Å²) in [4.78, 5) is 9.14. The smallest absolute Gasteiger partial charge is 0.372 e. The number of alkyl halides is 3. The highest BCUT2D eigenvalue weighted by Gasteiger charge is 2.31. The van der Waals surface area contributed by atoms with Gasteiger partial charge in [0, 0.05) is 30.0 Å². The minimum absolute atomic E-state index is 0.304. The second kappa shape index (κ2) is 7.02. The molecule has 0 aliphatic carbocycles. The quantitative estimate of drug-likeness (QED) is 0.719. The zero-order valence-corrected chi connectivity index (χ0v) is 14.5. The number of nitrogens with zero attached hydrogens (tertiary/aromatic N) is 2. The summed E-state index contributed by atoms with van der Waals surface area (Å²) >= 11 is 0. The van der Waals surface area contributed by atoms with Gasteiger partial charge in [-0.2, -0.15) is 13.2 Å². The second-order valence-corrected chi connectivity index (χ2v) is 6.56. The van der Waals surface area contributed by atoms with Gasteiger partial charge >= 0.3 is 6.18 Å². The summed E-state index contributed by atoms with van der Waals surface area (Å²) in [6.07, 6.45) is -3.88. The molecule has 1 aliphatic heterocycles. The van der Waals surface area contributed by atoms with Gasteiger partial charge in [-0.05, 0) is 23.8 Å². The van der Waals surface area contributed by atoms with Gasteiger partial charge in [-0.1, -0.05) is 42.5 Å². The fourth-order valence-corrected chi connectivity index (χ4v) is 3.38. The zero-order valence-electron chi connectivity index (χ0n) is 14.5. The van der Waals surface area contributed by atoms with Gasteiger partial charge < -0.3 is 5.32 Å². The molecule has 0 saturated carbocycles. The van der Waals surface area contributed by atoms with Crippen LogP contribution in [0.25, 0.3) is 10.9 Å². The van der Waals surface area contributed by atoms with Crippen molar-refractivity contribution in [3.63, 3.8) is 0 Å². The Labute approximate surface area is 155 Å². The summed E-state index contributed by atoms with van der Waals surface area (Å²) < 4.78 is 39.6. The van der Waals surface area contributed by atoms with Crippen molar-refractivity contribution >= 4 is 16.7 Å². The van der Waals surface area contributed by atoms with Crippen molar-refractivity contribution in [2.75, 3.05) is 13.1 Å². The highest BCUT2D eigenvalue weighted by molar-refractivity contribution is 5.85. The van der Waals surface area contributed by atoms with Gasteiger partial charge in [-0.3, -0.25) is 9.98 Å². The topological polar surface area (TPSA) is 37.3 Å². The maximum atomic E-state index is 13.2. The molecule has 2 aromatic carbocycles. The first kappa shape index (κ1) is 17.5. The lowest BCUT2D eigenvalue weighted by Crippen LogP contribution is -2.22. The van der Waals surface area contributed by atoms with Gasteiger partial charge in [0.1, 0.15) is 0 Å². The SMILES string of the molecule is FC(F)(F)c1cccc(C(CC2=NCCN2)c2ccc3ccccc3n2)c1. The molecule has 3 nitrogen and oxygen atoms in total. The van der Waals surface area contributed by atoms with Gasteiger partial charge in [-0.25, -0.2) is 0 Å². The van der Waals surface area contributed by atoms with E-state index in [1.54, 1.807) is 6.07 Å². The number of rotatable bonds is 4. The van der Waals surface area contributed by atoms with Crippen LogP contribution in [0.2, 0.25) is 0 Å². The van der Waals surface area contributed by atoms with Crippen LogP contribution >= 0.6 is 0 Å². The first-order valence-electron chi connectivity index (χ1n) is 8.81. The molecule has 0 spiro atoms. The average Bonchev–Trinajstić information content (AvgIpc) is 3.18. The number of amidine groups is 1. The number of benzene rings is 2. The van der Waals surface area contributed by atoms with Crippen LogP contribution in [0.3, 0.4) is 0 Å². The van der Waals surface area contributed by atoms with Crippen LogP contribution in [0, 0.1) is 0 Å². The molecule has 6 heteroatoms. The van der Waals surface area contributed by atoms with Crippen LogP contribution in [0.4, 0.5) is 13.2 Å². The maximum absolute atomic E-state index is 13.2. The number of hydrogen-bond acceptors (Lipinski definition) is 3. The fraction of sp³-hybridized carbons (Fsp3) is 0.238. The van der Waals surface area contributed by atoms with Crippen LogP contribution in [-0.4, -0.2) is 23.9 Å². The van der Waals surface area contributed by atoms with Gasteiger partial charge in [-0.15, -0.1) is 0 Å². The average molecular weight is 369 g/mol. The predicted octanol–water partition coefficient (Wildman–Crippen LogP) is 4.78. The lowest BCUT2D eigenvalue weighted by atomic mass is 9.90. The van der Waals surface area contributed by atoms with Crippen LogP contribution < -0.4 is 5.32 Å². The summed E-state index contributed by atoms with van der Waals surface area (Å²) in [5.41, 5.74) is 1.51. The molecule has 2 heterocycles. The van der Waals surface area contributed by atoms with E-state index in [0.29, 0.717) is 18.5 Å². The number of nitrogens with one attached hydrogen (secondary N) is 1. The number of hydrogen-bond donors (Lipinski definition) is 1. The van der Waals surface area contributed by atoms with E-state index in [4.69, 9.17) is 4.98 Å². The van der Waals surface area contributed by atoms with Crippen molar-refractivity contribution in [1.29, 1.82) is 0 Å². The molecule has 4 rings (SSSR count). The molecule has 1 aliphatic rings. The van der Waals surface area contributed by atoms with Crippen molar-refractivity contribution < 1.29 is 13.2 Å². The van der Waals surface area contributed by atoms with Crippen molar-refractivity contribution in [1.82, 2.24) is 10.3 Å². The van der Waals surface area contributed by atoms with E-state index in [2.05, 4.69) is 10.3 Å². The predicted molar refractivity (Wildman–Crippen MR) is 100.0 cm³/mol. The summed E-state index contributed by atoms with van der Waals surface area (Å²) in [5.74, 6) is 0.508. The van der Waals surface area contributed by atoms with Crippen LogP contribution in [0.5, 0.6) is 0 Å². The van der Waals surface area contributed by atoms with Crippen molar-refractivity contribution in [3.05, 3.63) is 77.5 Å². The summed E-state index contributed by atoms with van der Waals surface area (Å²) in [6, 6.07) is 17.1. The van der Waals surface area contributed by atoms with Crippen LogP contribution in [-0.2, 0) is 6.18 Å². The number of aliphatic imine (C=N–C) groups is 1. The molecule has 27 heavy (non-hydrogen) atoms. The summed E-state index contributed by atoms with van der Waals surface area (Å²) in [5, 5.41) is 4.21. The van der Waals surface area contributed by atoms with Crippen molar-refractivity contribution in [2.45, 2.75) is 18.5 Å². The molecule has 1 atom stereocenters. The van der Waals surface area contributed by atoms with Gasteiger partial charge in [0.2, 0.25) is 0 Å². The third-order valence-electron chi connectivity index (χ3n) is 4.73. The highest BCUT2D eigenvalue weighted by atomic mass is 19.4. The van der Waals surface area contributed by atoms with Gasteiger partial charge in [0.25, 0.3) is 0 Å². The van der Waals surface area contributed by atoms with E-state index in [1.807, 2.05) is 36.4 Å². The molecule has 138 valence electrons. The van der Waals surface area contributed by atoms with Crippen LogP contribution in [0.1, 0.15) is 29.2 Å². The van der Waals surface area contributed by atoms with Crippen LogP contribution in [0.15, 0.2) is 65.7 Å². The number of halogens is 3. The van der Waals surface area contributed by atoms with E-state index in [0.717, 1.165) is 35.0 Å². The number of pyridine rings is 1. The fourth-order valence-electron chi connectivity index (χ4n) is 3.38. The molecular formula is C21H18F3N3. The Bertz CT molecular complexity index is 995. The highest BCUT2D eigenvalue weighted by Crippen LogP contribution is 2.34. The number of aromatic nitrogens is 1. The molecular weight excluding hydrogens is 351 g/mol. The van der Waals surface area contributed by atoms with Crippen molar-refractivity contribution in [3.8, 4) is 0 Å². The van der Waals surface area contributed by atoms with Gasteiger partial charge in [0.15, 0.2) is 0 Å². The molecule has 0 fully saturated rings. The number of fused-ring (bicyclic) bond motifs is 1. The van der Waals surface area contributed by atoms with Crippen molar-refractivity contribution in [2.24, 2.45) is 4.99 Å². The first-order chi connectivity index (χ1) is 13.0. The molecule has 0 radical (unpaired) electrons. The van der Waals surface area contributed by atoms with Gasteiger partial charge in [0.05, 0.1) is 23.5 Å². The largest absolute Gasteiger partial charge is 0.416 e. The molecule has 0 amide bonds. The van der Waals surface area contributed by atoms with E-state index in [-0.39, 0.29) is 5.92 Å². The Morgan fingerprint density at radius 3 is 2.63 bits per heavy atom. The lowest BCUT2D eigenvalue weighted by Gasteiger charge is -2.19. The molecule has 1 unspecified atom stereocenters. The maximum Gasteiger partial charge on any atom is 0.416 e. The summed E-state index contributed by atoms with van der Waals surface area (Å²) in [7, 11) is 0. The monoisotopic (exact) mass is 369 g/mol. The molecule has 0 bridgehead atoms. The molecule has 1 aromatic heterocycles. The van der Waals surface area contributed by atoms with E-state index < -0.39 is 11.7 Å². The Morgan fingerprint density at radius 2 is 1.85 bits per heavy atom. The van der Waals surface area contributed by atoms with E-state index >= 15 is 0 Å². The second-order valence-electron chi connectivity index (χ2n) is 6.56. The normalized spacial score (nSPS) is 15.4. The molecule has 0 saturated heterocycles. The standard InChI is InChI=1S/C21H18F3N3/c22-21(23,24)16-6-3-5-15(12-16)17(13-20-25-10-11-26-20)19-9-8-14-4-1-2-7-18(14)27-19/h1-9,12,17H,10-11,13H2,(H,25,26). The minimum Gasteiger partial charge on any atom is -0.372 e. The molecule has 1 N–H and O–H groups in total. The zero-order chi connectivity index (χ0) is 18.9. The Morgan fingerprint density at radius 1 is 1.00 bits per heavy atom. The minimum atomic E-state index is -4.37. The Balaban J connectivity index is 1.78. The Hall–Kier alpha value is -2.89. The van der Waals surface area contributed by atoms with E-state index in [1.165, 1.54) is 12.1 Å². The lowest BCUT2D eigenvalue weighted by molar-refractivity contribution is -0.137.